The molecule has 0 saturated carbocycles. The van der Waals surface area contributed by atoms with E-state index >= 15 is 0 Å². The predicted molar refractivity (Wildman–Crippen MR) is 110 cm³/mol. The van der Waals surface area contributed by atoms with Crippen LogP contribution in [0, 0.1) is 11.7 Å². The van der Waals surface area contributed by atoms with Gasteiger partial charge in [0.05, 0.1) is 0 Å². The first-order valence-electron chi connectivity index (χ1n) is 10.0. The monoisotopic (exact) mass is 387 g/mol. The summed E-state index contributed by atoms with van der Waals surface area (Å²) in [5.74, 6) is 1.07. The van der Waals surface area contributed by atoms with Gasteiger partial charge in [-0.15, -0.1) is 0 Å². The average Bonchev–Trinajstić information content (AvgIpc) is 2.77. The second kappa shape index (κ2) is 7.36. The van der Waals surface area contributed by atoms with Crippen LogP contribution < -0.4 is 10.1 Å². The van der Waals surface area contributed by atoms with Gasteiger partial charge in [0.1, 0.15) is 11.6 Å². The Hall–Kier alpha value is -3.14. The highest BCUT2D eigenvalue weighted by Crippen LogP contribution is 2.55. The molecule has 0 spiro atoms. The maximum Gasteiger partial charge on any atom is 0.257 e. The Balaban J connectivity index is 1.28. The van der Waals surface area contributed by atoms with Crippen molar-refractivity contribution in [3.63, 3.8) is 0 Å². The Morgan fingerprint density at radius 2 is 1.48 bits per heavy atom. The van der Waals surface area contributed by atoms with Gasteiger partial charge in [0.15, 0.2) is 6.61 Å². The highest BCUT2D eigenvalue weighted by molar-refractivity contribution is 5.77. The number of benzene rings is 3. The summed E-state index contributed by atoms with van der Waals surface area (Å²) >= 11 is 0. The van der Waals surface area contributed by atoms with Crippen molar-refractivity contribution in [2.75, 3.05) is 13.2 Å². The summed E-state index contributed by atoms with van der Waals surface area (Å²) in [7, 11) is 0. The molecule has 1 N–H and O–H groups in total. The summed E-state index contributed by atoms with van der Waals surface area (Å²) in [4.78, 5) is 12.3. The smallest absolute Gasteiger partial charge is 0.257 e. The molecule has 1 unspecified atom stereocenters. The van der Waals surface area contributed by atoms with Crippen molar-refractivity contribution in [2.45, 2.75) is 18.3 Å². The molecular formula is C25H22FNO2. The second-order valence-electron chi connectivity index (χ2n) is 7.83. The molecule has 0 aliphatic heterocycles. The fourth-order valence-corrected chi connectivity index (χ4v) is 4.94. The third-order valence-electron chi connectivity index (χ3n) is 6.17. The molecule has 1 amide bonds. The van der Waals surface area contributed by atoms with Crippen LogP contribution in [0.4, 0.5) is 4.39 Å². The summed E-state index contributed by atoms with van der Waals surface area (Å²) in [5.41, 5.74) is 5.64. The van der Waals surface area contributed by atoms with Crippen molar-refractivity contribution in [2.24, 2.45) is 5.92 Å². The van der Waals surface area contributed by atoms with Crippen molar-refractivity contribution in [3.05, 3.63) is 101 Å². The van der Waals surface area contributed by atoms with Crippen molar-refractivity contribution < 1.29 is 13.9 Å². The summed E-state index contributed by atoms with van der Waals surface area (Å²) in [6.07, 6.45) is 1.04. The van der Waals surface area contributed by atoms with E-state index in [1.807, 2.05) is 0 Å². The molecule has 3 aliphatic rings. The van der Waals surface area contributed by atoms with Gasteiger partial charge < -0.3 is 10.1 Å². The fraction of sp³-hybridized carbons (Fsp3) is 0.240. The first-order chi connectivity index (χ1) is 14.2. The van der Waals surface area contributed by atoms with Gasteiger partial charge in [0, 0.05) is 18.4 Å². The molecule has 3 aliphatic carbocycles. The molecule has 1 atom stereocenters. The third-order valence-corrected chi connectivity index (χ3v) is 6.17. The normalized spacial score (nSPS) is 21.2. The molecular weight excluding hydrogens is 365 g/mol. The summed E-state index contributed by atoms with van der Waals surface area (Å²) < 4.78 is 18.4. The minimum Gasteiger partial charge on any atom is -0.484 e. The second-order valence-corrected chi connectivity index (χ2v) is 7.83. The van der Waals surface area contributed by atoms with Crippen LogP contribution >= 0.6 is 0 Å². The van der Waals surface area contributed by atoms with Gasteiger partial charge in [-0.05, 0) is 58.9 Å². The maximum atomic E-state index is 13.0. The number of halogens is 1. The van der Waals surface area contributed by atoms with Crippen LogP contribution in [-0.4, -0.2) is 19.1 Å². The number of hydrogen-bond acceptors (Lipinski definition) is 2. The molecule has 3 aromatic carbocycles. The van der Waals surface area contributed by atoms with E-state index in [4.69, 9.17) is 4.74 Å². The lowest BCUT2D eigenvalue weighted by atomic mass is 9.59. The molecule has 3 nitrogen and oxygen atoms in total. The fourth-order valence-electron chi connectivity index (χ4n) is 4.94. The number of carbonyl (C=O) groups excluding carboxylic acids is 1. The summed E-state index contributed by atoms with van der Waals surface area (Å²) in [6, 6.07) is 23.1. The number of fused-ring (bicyclic) bond motifs is 1. The van der Waals surface area contributed by atoms with Crippen LogP contribution in [-0.2, 0) is 4.79 Å². The number of hydrogen-bond donors (Lipinski definition) is 1. The number of amides is 1. The summed E-state index contributed by atoms with van der Waals surface area (Å²) in [6.45, 7) is 0.551. The molecule has 0 fully saturated rings. The molecule has 0 heterocycles. The number of carbonyl (C=O) groups is 1. The Bertz CT molecular complexity index is 999. The van der Waals surface area contributed by atoms with Crippen LogP contribution in [0.3, 0.4) is 0 Å². The van der Waals surface area contributed by atoms with E-state index in [0.717, 1.165) is 6.42 Å². The maximum absolute atomic E-state index is 13.0. The van der Waals surface area contributed by atoms with Crippen LogP contribution in [0.2, 0.25) is 0 Å². The Labute approximate surface area is 169 Å². The zero-order valence-corrected chi connectivity index (χ0v) is 16.0. The number of ether oxygens (including phenoxy) is 1. The van der Waals surface area contributed by atoms with Gasteiger partial charge in [0.25, 0.3) is 5.91 Å². The van der Waals surface area contributed by atoms with Gasteiger partial charge >= 0.3 is 0 Å². The van der Waals surface area contributed by atoms with E-state index in [1.54, 1.807) is 0 Å². The highest BCUT2D eigenvalue weighted by atomic mass is 19.1. The summed E-state index contributed by atoms with van der Waals surface area (Å²) in [5, 5.41) is 3.04. The first kappa shape index (κ1) is 17.9. The molecule has 29 heavy (non-hydrogen) atoms. The molecule has 6 rings (SSSR count). The Kier molecular flexibility index (Phi) is 4.55. The van der Waals surface area contributed by atoms with Crippen molar-refractivity contribution >= 4 is 5.91 Å². The molecule has 3 aromatic rings. The zero-order chi connectivity index (χ0) is 19.8. The van der Waals surface area contributed by atoms with Gasteiger partial charge in [-0.1, -0.05) is 48.5 Å². The number of nitrogens with one attached hydrogen (secondary N) is 1. The molecule has 146 valence electrons. The van der Waals surface area contributed by atoms with Gasteiger partial charge in [-0.25, -0.2) is 4.39 Å². The van der Waals surface area contributed by atoms with Crippen LogP contribution in [0.25, 0.3) is 0 Å². The lowest BCUT2D eigenvalue weighted by Gasteiger charge is -2.45. The largest absolute Gasteiger partial charge is 0.484 e. The average molecular weight is 387 g/mol. The lowest BCUT2D eigenvalue weighted by molar-refractivity contribution is -0.123. The standard InChI is InChI=1S/C25H22FNO2/c26-17-9-11-18(12-10-17)29-15-24(28)27-14-16-13-23-19-5-1-3-7-21(19)25(16)22-8-4-2-6-20(22)23/h1-12,16,23,25H,13-15H2,(H,27,28). The van der Waals surface area contributed by atoms with Crippen LogP contribution in [0.1, 0.15) is 40.5 Å². The highest BCUT2D eigenvalue weighted by Gasteiger charge is 2.42. The molecule has 0 aromatic heterocycles. The molecule has 0 radical (unpaired) electrons. The quantitative estimate of drug-likeness (QED) is 0.694. The van der Waals surface area contributed by atoms with Gasteiger partial charge in [0.2, 0.25) is 0 Å². The van der Waals surface area contributed by atoms with Crippen LogP contribution in [0.15, 0.2) is 72.8 Å². The van der Waals surface area contributed by atoms with E-state index in [-0.39, 0.29) is 18.3 Å². The van der Waals surface area contributed by atoms with E-state index in [9.17, 15) is 9.18 Å². The topological polar surface area (TPSA) is 38.3 Å². The predicted octanol–water partition coefficient (Wildman–Crippen LogP) is 4.62. The molecule has 2 bridgehead atoms. The third kappa shape index (κ3) is 3.29. The van der Waals surface area contributed by atoms with Gasteiger partial charge in [-0.2, -0.15) is 0 Å². The minimum atomic E-state index is -0.324. The zero-order valence-electron chi connectivity index (χ0n) is 16.0. The van der Waals surface area contributed by atoms with E-state index < -0.39 is 0 Å². The van der Waals surface area contributed by atoms with Crippen molar-refractivity contribution in [1.29, 1.82) is 0 Å². The van der Waals surface area contributed by atoms with E-state index in [0.29, 0.717) is 30.0 Å². The Morgan fingerprint density at radius 1 is 0.897 bits per heavy atom. The minimum absolute atomic E-state index is 0.0698. The van der Waals surface area contributed by atoms with E-state index in [2.05, 4.69) is 53.8 Å². The first-order valence-corrected chi connectivity index (χ1v) is 10.0. The van der Waals surface area contributed by atoms with E-state index in [1.165, 1.54) is 46.5 Å². The van der Waals surface area contributed by atoms with Crippen LogP contribution in [0.5, 0.6) is 5.75 Å². The Morgan fingerprint density at radius 3 is 2.10 bits per heavy atom. The molecule has 4 heteroatoms. The van der Waals surface area contributed by atoms with Crippen molar-refractivity contribution in [3.8, 4) is 5.75 Å². The number of rotatable bonds is 5. The van der Waals surface area contributed by atoms with Crippen molar-refractivity contribution in [1.82, 2.24) is 5.32 Å². The van der Waals surface area contributed by atoms with Gasteiger partial charge in [-0.3, -0.25) is 4.79 Å². The lowest BCUT2D eigenvalue weighted by Crippen LogP contribution is -2.40. The molecule has 0 saturated heterocycles. The SMILES string of the molecule is O=C(COc1ccc(F)cc1)NCC1CC2c3ccccc3C1c1ccccc12.